The number of para-hydroxylation sites is 1. The Morgan fingerprint density at radius 1 is 1.24 bits per heavy atom. The lowest BCUT2D eigenvalue weighted by molar-refractivity contribution is -0.114. The van der Waals surface area contributed by atoms with E-state index in [1.54, 1.807) is 36.4 Å². The van der Waals surface area contributed by atoms with E-state index in [-0.39, 0.29) is 12.5 Å². The highest BCUT2D eigenvalue weighted by molar-refractivity contribution is 5.97. The molecule has 0 aliphatic carbocycles. The molecule has 2 amide bonds. The van der Waals surface area contributed by atoms with E-state index in [9.17, 15) is 9.59 Å². The molecule has 6 heteroatoms. The van der Waals surface area contributed by atoms with Gasteiger partial charge in [-0.1, -0.05) is 24.1 Å². The third-order valence-corrected chi connectivity index (χ3v) is 3.04. The summed E-state index contributed by atoms with van der Waals surface area (Å²) in [7, 11) is 0. The summed E-state index contributed by atoms with van der Waals surface area (Å²) < 4.78 is 5.40. The van der Waals surface area contributed by atoms with E-state index in [0.29, 0.717) is 22.6 Å². The Bertz CT molecular complexity index is 838. The fourth-order valence-electron chi connectivity index (χ4n) is 2.00. The third-order valence-electron chi connectivity index (χ3n) is 3.04. The quantitative estimate of drug-likeness (QED) is 0.483. The van der Waals surface area contributed by atoms with Gasteiger partial charge in [-0.2, -0.15) is 5.10 Å². The van der Waals surface area contributed by atoms with Crippen LogP contribution in [0.1, 0.15) is 22.8 Å². The summed E-state index contributed by atoms with van der Waals surface area (Å²) in [5.74, 6) is 2.36. The second kappa shape index (κ2) is 8.89. The first-order valence-corrected chi connectivity index (χ1v) is 7.46. The van der Waals surface area contributed by atoms with Gasteiger partial charge >= 0.3 is 0 Å². The number of anilines is 1. The van der Waals surface area contributed by atoms with Gasteiger partial charge in [0, 0.05) is 23.7 Å². The molecule has 0 unspecified atom stereocenters. The standard InChI is InChI=1S/C19H17N3O3/c1-3-11-25-18-10-5-4-7-16(18)13-20-22-19(24)15-8-6-9-17(12-15)21-14(2)23/h1,4-10,12-13H,11H2,2H3,(H,21,23)(H,22,24)/b20-13-. The number of rotatable bonds is 6. The lowest BCUT2D eigenvalue weighted by Gasteiger charge is -2.06. The zero-order valence-electron chi connectivity index (χ0n) is 13.7. The van der Waals surface area contributed by atoms with Crippen molar-refractivity contribution in [1.29, 1.82) is 0 Å². The van der Waals surface area contributed by atoms with Crippen molar-refractivity contribution in [3.05, 3.63) is 59.7 Å². The molecule has 0 fully saturated rings. The van der Waals surface area contributed by atoms with E-state index in [0.717, 1.165) is 0 Å². The van der Waals surface area contributed by atoms with Crippen molar-refractivity contribution >= 4 is 23.7 Å². The monoisotopic (exact) mass is 335 g/mol. The van der Waals surface area contributed by atoms with Crippen molar-refractivity contribution in [2.45, 2.75) is 6.92 Å². The SMILES string of the molecule is C#CCOc1ccccc1/C=N\NC(=O)c1cccc(NC(C)=O)c1. The molecule has 25 heavy (non-hydrogen) atoms. The highest BCUT2D eigenvalue weighted by atomic mass is 16.5. The van der Waals surface area contributed by atoms with E-state index >= 15 is 0 Å². The van der Waals surface area contributed by atoms with Gasteiger partial charge in [-0.05, 0) is 30.3 Å². The van der Waals surface area contributed by atoms with Gasteiger partial charge in [-0.15, -0.1) is 6.42 Å². The van der Waals surface area contributed by atoms with E-state index in [4.69, 9.17) is 11.2 Å². The minimum atomic E-state index is -0.398. The molecule has 2 rings (SSSR count). The van der Waals surface area contributed by atoms with Crippen LogP contribution in [-0.4, -0.2) is 24.6 Å². The van der Waals surface area contributed by atoms with Gasteiger partial charge in [-0.3, -0.25) is 9.59 Å². The molecule has 2 N–H and O–H groups in total. The lowest BCUT2D eigenvalue weighted by Crippen LogP contribution is -2.18. The van der Waals surface area contributed by atoms with E-state index < -0.39 is 5.91 Å². The summed E-state index contributed by atoms with van der Waals surface area (Å²) in [6.07, 6.45) is 6.65. The van der Waals surface area contributed by atoms with E-state index in [1.807, 2.05) is 12.1 Å². The normalized spacial score (nSPS) is 10.1. The molecule has 0 spiro atoms. The van der Waals surface area contributed by atoms with E-state index in [1.165, 1.54) is 13.1 Å². The fourth-order valence-corrected chi connectivity index (χ4v) is 2.00. The van der Waals surface area contributed by atoms with Crippen molar-refractivity contribution in [3.8, 4) is 18.1 Å². The van der Waals surface area contributed by atoms with Gasteiger partial charge in [0.05, 0.1) is 6.21 Å². The predicted molar refractivity (Wildman–Crippen MR) is 96.6 cm³/mol. The largest absolute Gasteiger partial charge is 0.480 e. The molecule has 0 atom stereocenters. The minimum absolute atomic E-state index is 0.146. The zero-order valence-corrected chi connectivity index (χ0v) is 13.7. The molecular weight excluding hydrogens is 318 g/mol. The molecule has 2 aromatic carbocycles. The highest BCUT2D eigenvalue weighted by Gasteiger charge is 2.06. The topological polar surface area (TPSA) is 79.8 Å². The van der Waals surface area contributed by atoms with Crippen LogP contribution in [0.3, 0.4) is 0 Å². The predicted octanol–water partition coefficient (Wildman–Crippen LogP) is 2.42. The zero-order chi connectivity index (χ0) is 18.1. The molecule has 0 aliphatic heterocycles. The summed E-state index contributed by atoms with van der Waals surface area (Å²) in [5.41, 5.74) is 4.03. The number of hydrogen-bond donors (Lipinski definition) is 2. The first-order valence-electron chi connectivity index (χ1n) is 7.46. The number of terminal acetylenes is 1. The van der Waals surface area contributed by atoms with Crippen LogP contribution in [0.15, 0.2) is 53.6 Å². The van der Waals surface area contributed by atoms with Gasteiger partial charge in [0.2, 0.25) is 5.91 Å². The van der Waals surface area contributed by atoms with Crippen molar-refractivity contribution < 1.29 is 14.3 Å². The third kappa shape index (κ3) is 5.52. The molecule has 0 radical (unpaired) electrons. The molecular formula is C19H17N3O3. The molecule has 0 aliphatic rings. The van der Waals surface area contributed by atoms with Crippen LogP contribution in [0, 0.1) is 12.3 Å². The summed E-state index contributed by atoms with van der Waals surface area (Å²) in [6.45, 7) is 1.55. The minimum Gasteiger partial charge on any atom is -0.480 e. The number of amides is 2. The number of ether oxygens (including phenoxy) is 1. The second-order valence-electron chi connectivity index (χ2n) is 4.99. The Labute approximate surface area is 145 Å². The van der Waals surface area contributed by atoms with Crippen molar-refractivity contribution in [2.75, 3.05) is 11.9 Å². The number of hydrogen-bond acceptors (Lipinski definition) is 4. The van der Waals surface area contributed by atoms with Gasteiger partial charge in [0.25, 0.3) is 5.91 Å². The summed E-state index contributed by atoms with van der Waals surface area (Å²) >= 11 is 0. The van der Waals surface area contributed by atoms with Crippen LogP contribution >= 0.6 is 0 Å². The molecule has 0 bridgehead atoms. The number of nitrogens with one attached hydrogen (secondary N) is 2. The average molecular weight is 335 g/mol. The van der Waals surface area contributed by atoms with Gasteiger partial charge in [0.1, 0.15) is 12.4 Å². The van der Waals surface area contributed by atoms with Crippen LogP contribution < -0.4 is 15.5 Å². The van der Waals surface area contributed by atoms with Crippen molar-refractivity contribution in [1.82, 2.24) is 5.43 Å². The lowest BCUT2D eigenvalue weighted by atomic mass is 10.2. The molecule has 0 saturated carbocycles. The summed E-state index contributed by atoms with van der Waals surface area (Å²) in [6, 6.07) is 13.7. The molecule has 0 saturated heterocycles. The number of nitrogens with zero attached hydrogens (tertiary/aromatic N) is 1. The Kier molecular flexibility index (Phi) is 6.32. The van der Waals surface area contributed by atoms with Gasteiger partial charge in [0.15, 0.2) is 0 Å². The summed E-state index contributed by atoms with van der Waals surface area (Å²) in [4.78, 5) is 23.2. The first kappa shape index (κ1) is 17.8. The maximum Gasteiger partial charge on any atom is 0.271 e. The molecule has 0 heterocycles. The van der Waals surface area contributed by atoms with Crippen LogP contribution in [-0.2, 0) is 4.79 Å². The Morgan fingerprint density at radius 2 is 2.04 bits per heavy atom. The maximum absolute atomic E-state index is 12.1. The summed E-state index contributed by atoms with van der Waals surface area (Å²) in [5, 5.41) is 6.55. The molecule has 6 nitrogen and oxygen atoms in total. The van der Waals surface area contributed by atoms with Gasteiger partial charge in [-0.25, -0.2) is 5.43 Å². The van der Waals surface area contributed by atoms with Crippen molar-refractivity contribution in [2.24, 2.45) is 5.10 Å². The fraction of sp³-hybridized carbons (Fsp3) is 0.105. The Morgan fingerprint density at radius 3 is 2.80 bits per heavy atom. The number of carbonyl (C=O) groups is 2. The van der Waals surface area contributed by atoms with Crippen LogP contribution in [0.5, 0.6) is 5.75 Å². The molecule has 126 valence electrons. The Balaban J connectivity index is 2.04. The average Bonchev–Trinajstić information content (AvgIpc) is 2.60. The van der Waals surface area contributed by atoms with Gasteiger partial charge < -0.3 is 10.1 Å². The smallest absolute Gasteiger partial charge is 0.271 e. The van der Waals surface area contributed by atoms with Crippen LogP contribution in [0.25, 0.3) is 0 Å². The van der Waals surface area contributed by atoms with Crippen LogP contribution in [0.4, 0.5) is 5.69 Å². The maximum atomic E-state index is 12.1. The number of carbonyl (C=O) groups excluding carboxylic acids is 2. The Hall–Kier alpha value is -3.59. The number of benzene rings is 2. The van der Waals surface area contributed by atoms with Crippen LogP contribution in [0.2, 0.25) is 0 Å². The molecule has 0 aromatic heterocycles. The van der Waals surface area contributed by atoms with E-state index in [2.05, 4.69) is 21.8 Å². The second-order valence-corrected chi connectivity index (χ2v) is 4.99. The molecule has 2 aromatic rings. The van der Waals surface area contributed by atoms with Crippen molar-refractivity contribution in [3.63, 3.8) is 0 Å². The highest BCUT2D eigenvalue weighted by Crippen LogP contribution is 2.15. The first-order chi connectivity index (χ1) is 12.1. The number of hydrazone groups is 1.